The monoisotopic (exact) mass is 475 g/mol. The first-order valence-electron chi connectivity index (χ1n) is 11.4. The van der Waals surface area contributed by atoms with Gasteiger partial charge in [-0.3, -0.25) is 0 Å². The van der Waals surface area contributed by atoms with E-state index in [0.717, 1.165) is 38.6 Å². The summed E-state index contributed by atoms with van der Waals surface area (Å²) in [6, 6.07) is 24.9. The number of carboxylic acids is 1. The van der Waals surface area contributed by atoms with Crippen molar-refractivity contribution in [3.05, 3.63) is 101 Å². The number of benzene rings is 4. The molecule has 0 heterocycles. The summed E-state index contributed by atoms with van der Waals surface area (Å²) in [6.45, 7) is 3.74. The van der Waals surface area contributed by atoms with E-state index in [9.17, 15) is 18.7 Å². The first-order chi connectivity index (χ1) is 16.8. The number of alkyl halides is 2. The predicted octanol–water partition coefficient (Wildman–Crippen LogP) is 7.01. The van der Waals surface area contributed by atoms with Gasteiger partial charge in [-0.2, -0.15) is 0 Å². The minimum atomic E-state index is -2.52. The summed E-state index contributed by atoms with van der Waals surface area (Å²) in [7, 11) is 0. The van der Waals surface area contributed by atoms with Crippen molar-refractivity contribution in [2.24, 2.45) is 0 Å². The van der Waals surface area contributed by atoms with Crippen molar-refractivity contribution in [3.8, 4) is 16.9 Å². The van der Waals surface area contributed by atoms with Gasteiger partial charge in [-0.15, -0.1) is 0 Å². The zero-order valence-electron chi connectivity index (χ0n) is 19.6. The molecule has 6 heteroatoms. The Kier molecular flexibility index (Phi) is 7.42. The summed E-state index contributed by atoms with van der Waals surface area (Å²) in [6.07, 6.45) is -2.52. The Morgan fingerprint density at radius 1 is 1.00 bits per heavy atom. The topological polar surface area (TPSA) is 58.6 Å². The van der Waals surface area contributed by atoms with Gasteiger partial charge in [0.05, 0.1) is 5.56 Å². The van der Waals surface area contributed by atoms with E-state index in [2.05, 4.69) is 17.4 Å². The van der Waals surface area contributed by atoms with Gasteiger partial charge in [0.2, 0.25) is 0 Å². The molecule has 35 heavy (non-hydrogen) atoms. The Bertz CT molecular complexity index is 1350. The molecule has 1 atom stereocenters. The van der Waals surface area contributed by atoms with Crippen LogP contribution in [0.3, 0.4) is 0 Å². The van der Waals surface area contributed by atoms with Crippen LogP contribution in [0.5, 0.6) is 5.75 Å². The lowest BCUT2D eigenvalue weighted by Gasteiger charge is -2.17. The molecule has 0 bridgehead atoms. The smallest absolute Gasteiger partial charge is 0.335 e. The van der Waals surface area contributed by atoms with Gasteiger partial charge in [0.1, 0.15) is 12.4 Å². The molecule has 4 aromatic carbocycles. The maximum atomic E-state index is 12.5. The summed E-state index contributed by atoms with van der Waals surface area (Å²) in [5, 5.41) is 15.2. The van der Waals surface area contributed by atoms with Gasteiger partial charge in [-0.25, -0.2) is 13.6 Å². The number of halogens is 2. The minimum absolute atomic E-state index is 0.0435. The van der Waals surface area contributed by atoms with Gasteiger partial charge in [-0.1, -0.05) is 48.5 Å². The SMILES string of the molecule is Cc1ccc(-c2cc(CNC(C)c3cccc(OCC(F)F)c3)cc3ccccc23)cc1C(=O)O. The Morgan fingerprint density at radius 3 is 2.57 bits per heavy atom. The molecule has 0 radical (unpaired) electrons. The van der Waals surface area contributed by atoms with Crippen LogP contribution in [0.2, 0.25) is 0 Å². The van der Waals surface area contributed by atoms with Gasteiger partial charge in [0, 0.05) is 12.6 Å². The second kappa shape index (κ2) is 10.7. The molecule has 0 aliphatic heterocycles. The predicted molar refractivity (Wildman–Crippen MR) is 134 cm³/mol. The second-order valence-corrected chi connectivity index (χ2v) is 8.58. The molecule has 0 aliphatic carbocycles. The molecule has 0 aliphatic rings. The van der Waals surface area contributed by atoms with Crippen molar-refractivity contribution in [2.45, 2.75) is 32.9 Å². The van der Waals surface area contributed by atoms with Crippen molar-refractivity contribution in [1.29, 1.82) is 0 Å². The third kappa shape index (κ3) is 5.84. The number of nitrogens with one attached hydrogen (secondary N) is 1. The highest BCUT2D eigenvalue weighted by atomic mass is 19.3. The molecule has 4 rings (SSSR count). The van der Waals surface area contributed by atoms with Gasteiger partial charge >= 0.3 is 5.97 Å². The molecule has 0 amide bonds. The van der Waals surface area contributed by atoms with Crippen LogP contribution >= 0.6 is 0 Å². The van der Waals surface area contributed by atoms with E-state index in [4.69, 9.17) is 4.74 Å². The molecule has 0 saturated heterocycles. The number of hydrogen-bond acceptors (Lipinski definition) is 3. The van der Waals surface area contributed by atoms with Crippen molar-refractivity contribution in [2.75, 3.05) is 6.61 Å². The minimum Gasteiger partial charge on any atom is -0.488 e. The highest BCUT2D eigenvalue weighted by Gasteiger charge is 2.13. The lowest BCUT2D eigenvalue weighted by molar-refractivity contribution is 0.0696. The van der Waals surface area contributed by atoms with Gasteiger partial charge < -0.3 is 15.2 Å². The van der Waals surface area contributed by atoms with Crippen LogP contribution in [0.25, 0.3) is 21.9 Å². The van der Waals surface area contributed by atoms with Crippen molar-refractivity contribution in [1.82, 2.24) is 5.32 Å². The maximum Gasteiger partial charge on any atom is 0.335 e. The van der Waals surface area contributed by atoms with Crippen LogP contribution in [0, 0.1) is 6.92 Å². The van der Waals surface area contributed by atoms with Crippen LogP contribution in [0.1, 0.15) is 40.0 Å². The molecule has 4 aromatic rings. The zero-order chi connectivity index (χ0) is 24.9. The molecule has 0 fully saturated rings. The lowest BCUT2D eigenvalue weighted by atomic mass is 9.93. The highest BCUT2D eigenvalue weighted by molar-refractivity contribution is 5.99. The summed E-state index contributed by atoms with van der Waals surface area (Å²) in [5.41, 5.74) is 4.81. The number of carboxylic acid groups (broad SMARTS) is 1. The molecular weight excluding hydrogens is 448 g/mol. The van der Waals surface area contributed by atoms with E-state index in [-0.39, 0.29) is 11.6 Å². The number of hydrogen-bond donors (Lipinski definition) is 2. The normalized spacial score (nSPS) is 12.1. The Hall–Kier alpha value is -3.77. The molecule has 0 saturated carbocycles. The highest BCUT2D eigenvalue weighted by Crippen LogP contribution is 2.32. The molecule has 1 unspecified atom stereocenters. The number of aryl methyl sites for hydroxylation is 1. The van der Waals surface area contributed by atoms with Crippen LogP contribution < -0.4 is 10.1 Å². The van der Waals surface area contributed by atoms with E-state index >= 15 is 0 Å². The Morgan fingerprint density at radius 2 is 1.80 bits per heavy atom. The Balaban J connectivity index is 1.60. The fraction of sp³-hybridized carbons (Fsp3) is 0.207. The lowest BCUT2D eigenvalue weighted by Crippen LogP contribution is -2.18. The summed E-state index contributed by atoms with van der Waals surface area (Å²) in [4.78, 5) is 11.7. The number of fused-ring (bicyclic) bond motifs is 1. The van der Waals surface area contributed by atoms with E-state index < -0.39 is 19.0 Å². The molecule has 0 spiro atoms. The second-order valence-electron chi connectivity index (χ2n) is 8.58. The fourth-order valence-corrected chi connectivity index (χ4v) is 4.16. The van der Waals surface area contributed by atoms with E-state index in [0.29, 0.717) is 12.3 Å². The van der Waals surface area contributed by atoms with E-state index in [1.165, 1.54) is 0 Å². The summed E-state index contributed by atoms with van der Waals surface area (Å²) < 4.78 is 30.1. The average molecular weight is 476 g/mol. The largest absolute Gasteiger partial charge is 0.488 e. The molecule has 2 N–H and O–H groups in total. The van der Waals surface area contributed by atoms with Crippen LogP contribution in [-0.4, -0.2) is 24.1 Å². The van der Waals surface area contributed by atoms with Crippen molar-refractivity contribution < 1.29 is 23.4 Å². The molecular formula is C29H27F2NO3. The Labute approximate surface area is 203 Å². The van der Waals surface area contributed by atoms with E-state index in [1.807, 2.05) is 49.4 Å². The number of carbonyl (C=O) groups is 1. The van der Waals surface area contributed by atoms with Crippen LogP contribution in [0.4, 0.5) is 8.78 Å². The quantitative estimate of drug-likeness (QED) is 0.273. The summed E-state index contributed by atoms with van der Waals surface area (Å²) in [5.74, 6) is -0.530. The summed E-state index contributed by atoms with van der Waals surface area (Å²) >= 11 is 0. The van der Waals surface area contributed by atoms with Crippen LogP contribution in [0.15, 0.2) is 78.9 Å². The number of rotatable bonds is 9. The van der Waals surface area contributed by atoms with Crippen LogP contribution in [-0.2, 0) is 6.54 Å². The van der Waals surface area contributed by atoms with Crippen molar-refractivity contribution >= 4 is 16.7 Å². The van der Waals surface area contributed by atoms with Crippen molar-refractivity contribution in [3.63, 3.8) is 0 Å². The van der Waals surface area contributed by atoms with Gasteiger partial charge in [0.15, 0.2) is 0 Å². The molecule has 4 nitrogen and oxygen atoms in total. The first-order valence-corrected chi connectivity index (χ1v) is 11.4. The number of ether oxygens (including phenoxy) is 1. The molecule has 0 aromatic heterocycles. The maximum absolute atomic E-state index is 12.5. The standard InChI is InChI=1S/C29H27F2NO3/c1-18-10-11-23(15-26(18)29(33)34)27-13-20(12-22-6-3-4-9-25(22)27)16-32-19(2)21-7-5-8-24(14-21)35-17-28(30)31/h3-15,19,28,32H,16-17H2,1-2H3,(H,33,34). The van der Waals surface area contributed by atoms with E-state index in [1.54, 1.807) is 31.2 Å². The molecule has 180 valence electrons. The number of aromatic carboxylic acids is 1. The fourth-order valence-electron chi connectivity index (χ4n) is 4.16. The first kappa shape index (κ1) is 24.4. The van der Waals surface area contributed by atoms with Gasteiger partial charge in [-0.05, 0) is 82.8 Å². The van der Waals surface area contributed by atoms with Gasteiger partial charge in [0.25, 0.3) is 6.43 Å². The average Bonchev–Trinajstić information content (AvgIpc) is 2.86. The third-order valence-corrected chi connectivity index (χ3v) is 6.05. The zero-order valence-corrected chi connectivity index (χ0v) is 19.6. The third-order valence-electron chi connectivity index (χ3n) is 6.05.